The van der Waals surface area contributed by atoms with Crippen LogP contribution in [0, 0.1) is 6.92 Å². The smallest absolute Gasteiger partial charge is 0.160 e. The van der Waals surface area contributed by atoms with Gasteiger partial charge in [-0.05, 0) is 51.7 Å². The van der Waals surface area contributed by atoms with Crippen molar-refractivity contribution in [3.05, 3.63) is 77.2 Å². The Morgan fingerprint density at radius 2 is 1.76 bits per heavy atom. The summed E-state index contributed by atoms with van der Waals surface area (Å²) < 4.78 is 0.895. The normalized spacial score (nSPS) is 10.8. The van der Waals surface area contributed by atoms with Crippen LogP contribution in [0.2, 0.25) is 0 Å². The van der Waals surface area contributed by atoms with E-state index in [0.717, 1.165) is 26.8 Å². The Labute approximate surface area is 154 Å². The first kappa shape index (κ1) is 15.7. The highest BCUT2D eigenvalue weighted by Gasteiger charge is 2.10. The van der Waals surface area contributed by atoms with Crippen LogP contribution in [0.3, 0.4) is 0 Å². The molecule has 0 spiro atoms. The number of halogens is 1. The third kappa shape index (κ3) is 3.10. The first-order chi connectivity index (χ1) is 12.2. The van der Waals surface area contributed by atoms with Crippen molar-refractivity contribution in [1.29, 1.82) is 0 Å². The Morgan fingerprint density at radius 1 is 0.920 bits per heavy atom. The molecule has 0 fully saturated rings. The number of hydrogen-bond donors (Lipinski definition) is 1. The van der Waals surface area contributed by atoms with Crippen molar-refractivity contribution >= 4 is 38.5 Å². The van der Waals surface area contributed by atoms with E-state index >= 15 is 0 Å². The van der Waals surface area contributed by atoms with Crippen LogP contribution in [0.1, 0.15) is 5.56 Å². The van der Waals surface area contributed by atoms with Gasteiger partial charge in [0.05, 0.1) is 5.52 Å². The van der Waals surface area contributed by atoms with Gasteiger partial charge in [-0.1, -0.05) is 42.5 Å². The fraction of sp³-hybridized carbons (Fsp3) is 0.0500. The predicted molar refractivity (Wildman–Crippen MR) is 105 cm³/mol. The molecule has 5 heteroatoms. The maximum Gasteiger partial charge on any atom is 0.160 e. The minimum absolute atomic E-state index is 0.700. The second-order valence-corrected chi connectivity index (χ2v) is 6.63. The molecule has 0 aliphatic heterocycles. The molecule has 4 rings (SSSR count). The van der Waals surface area contributed by atoms with E-state index in [-0.39, 0.29) is 0 Å². The lowest BCUT2D eigenvalue weighted by Crippen LogP contribution is -2.00. The summed E-state index contributed by atoms with van der Waals surface area (Å²) >= 11 is 3.43. The zero-order valence-corrected chi connectivity index (χ0v) is 15.2. The highest BCUT2D eigenvalue weighted by atomic mass is 79.9. The van der Waals surface area contributed by atoms with E-state index in [0.29, 0.717) is 5.82 Å². The van der Waals surface area contributed by atoms with Gasteiger partial charge in [0, 0.05) is 16.4 Å². The zero-order valence-electron chi connectivity index (χ0n) is 13.6. The Kier molecular flexibility index (Phi) is 4.15. The molecule has 0 saturated heterocycles. The lowest BCUT2D eigenvalue weighted by atomic mass is 9.99. The lowest BCUT2D eigenvalue weighted by Gasteiger charge is -2.14. The zero-order chi connectivity index (χ0) is 17.2. The van der Waals surface area contributed by atoms with Crippen molar-refractivity contribution in [3.63, 3.8) is 0 Å². The summed E-state index contributed by atoms with van der Waals surface area (Å²) in [5.41, 5.74) is 6.10. The number of nitrogens with one attached hydrogen (secondary N) is 1. The van der Waals surface area contributed by atoms with Crippen molar-refractivity contribution in [3.8, 4) is 11.1 Å². The molecule has 2 aromatic heterocycles. The monoisotopic (exact) mass is 390 g/mol. The molecule has 0 aliphatic rings. The molecular weight excluding hydrogens is 376 g/mol. The second kappa shape index (κ2) is 6.61. The van der Waals surface area contributed by atoms with Crippen molar-refractivity contribution in [2.45, 2.75) is 6.92 Å². The summed E-state index contributed by atoms with van der Waals surface area (Å²) in [5, 5.41) is 3.42. The van der Waals surface area contributed by atoms with Crippen LogP contribution in [0.5, 0.6) is 0 Å². The molecule has 0 aliphatic carbocycles. The average molecular weight is 391 g/mol. The van der Waals surface area contributed by atoms with Gasteiger partial charge in [0.25, 0.3) is 0 Å². The first-order valence-corrected chi connectivity index (χ1v) is 8.70. The Morgan fingerprint density at radius 3 is 2.60 bits per heavy atom. The molecule has 0 radical (unpaired) electrons. The molecule has 1 N–H and O–H groups in total. The van der Waals surface area contributed by atoms with Crippen molar-refractivity contribution in [2.75, 3.05) is 5.32 Å². The quantitative estimate of drug-likeness (QED) is 0.501. The van der Waals surface area contributed by atoms with Crippen LogP contribution in [0.4, 0.5) is 11.5 Å². The van der Waals surface area contributed by atoms with Crippen molar-refractivity contribution < 1.29 is 0 Å². The van der Waals surface area contributed by atoms with Crippen LogP contribution >= 0.6 is 15.9 Å². The molecule has 4 nitrogen and oxygen atoms in total. The number of hydrogen-bond acceptors (Lipinski definition) is 4. The number of benzene rings is 2. The van der Waals surface area contributed by atoms with E-state index in [1.807, 2.05) is 18.2 Å². The number of anilines is 2. The van der Waals surface area contributed by atoms with Gasteiger partial charge >= 0.3 is 0 Å². The van der Waals surface area contributed by atoms with Crippen LogP contribution in [0.25, 0.3) is 22.2 Å². The van der Waals surface area contributed by atoms with Crippen LogP contribution in [0.15, 0.2) is 71.6 Å². The van der Waals surface area contributed by atoms with Gasteiger partial charge in [-0.3, -0.25) is 0 Å². The summed E-state index contributed by atoms with van der Waals surface area (Å²) in [5.74, 6) is 0.700. The summed E-state index contributed by atoms with van der Waals surface area (Å²) in [6.45, 7) is 2.11. The standard InChI is InChI=1S/C20H15BrN4/c1-13-16(14-6-3-2-4-7-14)8-5-9-17(13)25-20-19-18(23-12-24-20)10-15(21)11-22-19/h2-12H,1H3,(H,23,24,25). The Hall–Kier alpha value is -2.79. The summed E-state index contributed by atoms with van der Waals surface area (Å²) in [6, 6.07) is 18.5. The van der Waals surface area contributed by atoms with Gasteiger partial charge in [-0.25, -0.2) is 15.0 Å². The molecule has 122 valence electrons. The summed E-state index contributed by atoms with van der Waals surface area (Å²) in [7, 11) is 0. The molecule has 2 heterocycles. The van der Waals surface area contributed by atoms with E-state index in [1.54, 1.807) is 12.5 Å². The number of aromatic nitrogens is 3. The van der Waals surface area contributed by atoms with Gasteiger partial charge in [0.1, 0.15) is 11.8 Å². The summed E-state index contributed by atoms with van der Waals surface area (Å²) in [6.07, 6.45) is 3.30. The van der Waals surface area contributed by atoms with Crippen LogP contribution in [-0.2, 0) is 0 Å². The maximum absolute atomic E-state index is 4.45. The molecule has 25 heavy (non-hydrogen) atoms. The maximum atomic E-state index is 4.45. The fourth-order valence-corrected chi connectivity index (χ4v) is 3.16. The molecule has 2 aromatic carbocycles. The third-order valence-corrected chi connectivity index (χ3v) is 4.55. The predicted octanol–water partition coefficient (Wildman–Crippen LogP) is 5.51. The number of fused-ring (bicyclic) bond motifs is 1. The van der Waals surface area contributed by atoms with E-state index < -0.39 is 0 Å². The van der Waals surface area contributed by atoms with Gasteiger partial charge < -0.3 is 5.32 Å². The molecule has 0 unspecified atom stereocenters. The molecule has 0 atom stereocenters. The minimum Gasteiger partial charge on any atom is -0.338 e. The number of nitrogens with zero attached hydrogens (tertiary/aromatic N) is 3. The van der Waals surface area contributed by atoms with Gasteiger partial charge in [0.15, 0.2) is 5.82 Å². The van der Waals surface area contributed by atoms with Crippen LogP contribution in [-0.4, -0.2) is 15.0 Å². The molecule has 0 amide bonds. The van der Waals surface area contributed by atoms with Gasteiger partial charge in [-0.15, -0.1) is 0 Å². The molecular formula is C20H15BrN4. The topological polar surface area (TPSA) is 50.7 Å². The molecule has 0 saturated carbocycles. The van der Waals surface area contributed by atoms with Gasteiger partial charge in [-0.2, -0.15) is 0 Å². The van der Waals surface area contributed by atoms with Crippen LogP contribution < -0.4 is 5.32 Å². The van der Waals surface area contributed by atoms with E-state index in [2.05, 4.69) is 79.5 Å². The molecule has 0 bridgehead atoms. The minimum atomic E-state index is 0.700. The SMILES string of the molecule is Cc1c(Nc2ncnc3cc(Br)cnc23)cccc1-c1ccccc1. The third-order valence-electron chi connectivity index (χ3n) is 4.11. The van der Waals surface area contributed by atoms with Gasteiger partial charge in [0.2, 0.25) is 0 Å². The average Bonchev–Trinajstić information content (AvgIpc) is 2.64. The van der Waals surface area contributed by atoms with Crippen molar-refractivity contribution in [2.24, 2.45) is 0 Å². The Balaban J connectivity index is 1.77. The van der Waals surface area contributed by atoms with E-state index in [1.165, 1.54) is 11.1 Å². The largest absolute Gasteiger partial charge is 0.338 e. The fourth-order valence-electron chi connectivity index (χ4n) is 2.84. The highest BCUT2D eigenvalue weighted by molar-refractivity contribution is 9.10. The van der Waals surface area contributed by atoms with E-state index in [9.17, 15) is 0 Å². The van der Waals surface area contributed by atoms with E-state index in [4.69, 9.17) is 0 Å². The Bertz CT molecular complexity index is 1050. The summed E-state index contributed by atoms with van der Waals surface area (Å²) in [4.78, 5) is 13.1. The highest BCUT2D eigenvalue weighted by Crippen LogP contribution is 2.31. The first-order valence-electron chi connectivity index (χ1n) is 7.91. The number of pyridine rings is 1. The molecule has 4 aromatic rings. The second-order valence-electron chi connectivity index (χ2n) is 5.71. The lowest BCUT2D eigenvalue weighted by molar-refractivity contribution is 1.19. The number of rotatable bonds is 3. The van der Waals surface area contributed by atoms with Crippen molar-refractivity contribution in [1.82, 2.24) is 15.0 Å².